The number of amidine groups is 1. The summed E-state index contributed by atoms with van der Waals surface area (Å²) in [5, 5.41) is 7.82. The Hall–Kier alpha value is -4.58. The lowest BCUT2D eigenvalue weighted by Crippen LogP contribution is -2.36. The molecule has 2 amide bonds. The summed E-state index contributed by atoms with van der Waals surface area (Å²) in [7, 11) is 0. The van der Waals surface area contributed by atoms with Gasteiger partial charge in [0.15, 0.2) is 11.0 Å². The van der Waals surface area contributed by atoms with Gasteiger partial charge in [-0.2, -0.15) is 4.99 Å². The first-order valence-electron chi connectivity index (χ1n) is 13.2. The second-order valence-corrected chi connectivity index (χ2v) is 10.3. The van der Waals surface area contributed by atoms with Crippen LogP contribution in [-0.2, 0) is 6.42 Å². The van der Waals surface area contributed by atoms with Gasteiger partial charge in [-0.15, -0.1) is 18.3 Å². The monoisotopic (exact) mass is 592 g/mol. The Morgan fingerprint density at radius 2 is 1.86 bits per heavy atom. The van der Waals surface area contributed by atoms with E-state index in [1.165, 1.54) is 40.8 Å². The molecule has 1 N–H and O–H groups in total. The molecular weight excluding hydrogens is 565 g/mol. The fraction of sp³-hybridized carbons (Fsp3) is 0.200. The van der Waals surface area contributed by atoms with Crippen LogP contribution in [0.4, 0.5) is 23.7 Å². The van der Waals surface area contributed by atoms with Crippen molar-refractivity contribution >= 4 is 34.7 Å². The van der Waals surface area contributed by atoms with Crippen molar-refractivity contribution < 1.29 is 22.7 Å². The molecule has 216 valence electrons. The van der Waals surface area contributed by atoms with Crippen molar-refractivity contribution in [2.45, 2.75) is 26.1 Å². The number of hydrogen-bond donors (Lipinski definition) is 1. The van der Waals surface area contributed by atoms with Gasteiger partial charge in [-0.05, 0) is 60.4 Å². The van der Waals surface area contributed by atoms with E-state index in [1.807, 2.05) is 36.4 Å². The number of ether oxygens (including phenoxy) is 1. The van der Waals surface area contributed by atoms with Crippen LogP contribution in [0.2, 0.25) is 0 Å². The number of alkyl halides is 3. The maximum Gasteiger partial charge on any atom is 0.573 e. The summed E-state index contributed by atoms with van der Waals surface area (Å²) < 4.78 is 42.5. The smallest absolute Gasteiger partial charge is 0.406 e. The third-order valence-corrected chi connectivity index (χ3v) is 7.39. The Morgan fingerprint density at radius 1 is 1.10 bits per heavy atom. The average molecular weight is 593 g/mol. The van der Waals surface area contributed by atoms with E-state index in [0.717, 1.165) is 42.0 Å². The van der Waals surface area contributed by atoms with Crippen molar-refractivity contribution in [2.75, 3.05) is 17.2 Å². The number of rotatable bonds is 7. The molecule has 3 aromatic carbocycles. The summed E-state index contributed by atoms with van der Waals surface area (Å²) >= 11 is 1.58. The van der Waals surface area contributed by atoms with Crippen LogP contribution in [0.25, 0.3) is 23.2 Å². The number of nitrogens with zero attached hydrogens (tertiary/aromatic N) is 5. The number of amides is 2. The van der Waals surface area contributed by atoms with Crippen LogP contribution in [0.5, 0.6) is 5.75 Å². The summed E-state index contributed by atoms with van der Waals surface area (Å²) in [6.07, 6.45) is 1.96. The highest BCUT2D eigenvalue weighted by Gasteiger charge is 2.31. The third kappa shape index (κ3) is 7.38. The lowest BCUT2D eigenvalue weighted by Gasteiger charge is -2.31. The summed E-state index contributed by atoms with van der Waals surface area (Å²) in [5.74, 6) is 1.05. The van der Waals surface area contributed by atoms with E-state index >= 15 is 0 Å². The molecular formula is C30H27F3N6O2S. The van der Waals surface area contributed by atoms with Gasteiger partial charge in [0.1, 0.15) is 12.1 Å². The molecule has 1 aliphatic rings. The number of halogens is 3. The molecule has 12 heteroatoms. The van der Waals surface area contributed by atoms with E-state index < -0.39 is 12.4 Å². The molecule has 0 saturated carbocycles. The Bertz CT molecular complexity index is 1580. The van der Waals surface area contributed by atoms with Crippen LogP contribution in [0, 0.1) is 0 Å². The van der Waals surface area contributed by atoms with E-state index in [1.54, 1.807) is 24.0 Å². The molecule has 2 heterocycles. The molecule has 4 aromatic rings. The van der Waals surface area contributed by atoms with Gasteiger partial charge >= 0.3 is 12.4 Å². The standard InChI is InChI=1S/C30H27F3N6O2S/c1-2-22-6-3-4-7-26(22)38-18-5-19-42-29(38)36-28(40)34-17-16-21-8-10-23(11-9-21)27-35-20-39(37-27)24-12-14-25(15-13-24)41-30(31,32)33/h3-4,6-17,20H,2,5,18-19H2,1H3,(H,34,40)/b17-16+,36-29?. The molecule has 0 unspecified atom stereocenters. The van der Waals surface area contributed by atoms with Crippen molar-refractivity contribution in [3.63, 3.8) is 0 Å². The molecule has 1 saturated heterocycles. The first-order valence-corrected chi connectivity index (χ1v) is 14.2. The topological polar surface area (TPSA) is 84.6 Å². The van der Waals surface area contributed by atoms with Gasteiger partial charge in [-0.1, -0.05) is 61.2 Å². The highest BCUT2D eigenvalue weighted by atomic mass is 32.2. The molecule has 1 aliphatic heterocycles. The molecule has 0 radical (unpaired) electrons. The second-order valence-electron chi connectivity index (χ2n) is 9.19. The number of carbonyl (C=O) groups excluding carboxylic acids is 1. The fourth-order valence-corrected chi connectivity index (χ4v) is 5.29. The van der Waals surface area contributed by atoms with E-state index in [0.29, 0.717) is 16.7 Å². The SMILES string of the molecule is CCc1ccccc1N1CCCSC1=NC(=O)N/C=C/c1ccc(-c2ncn(-c3ccc(OC(F)(F)F)cc3)n2)cc1. The van der Waals surface area contributed by atoms with E-state index in [4.69, 9.17) is 0 Å². The molecule has 1 fully saturated rings. The molecule has 0 bridgehead atoms. The Labute approximate surface area is 244 Å². The molecule has 0 spiro atoms. The molecule has 1 aromatic heterocycles. The first kappa shape index (κ1) is 28.9. The molecule has 5 rings (SSSR count). The summed E-state index contributed by atoms with van der Waals surface area (Å²) in [4.78, 5) is 23.3. The zero-order valence-corrected chi connectivity index (χ0v) is 23.4. The number of anilines is 1. The predicted molar refractivity (Wildman–Crippen MR) is 159 cm³/mol. The number of aryl methyl sites for hydroxylation is 1. The maximum atomic E-state index is 12.6. The second kappa shape index (κ2) is 12.9. The number of carbonyl (C=O) groups is 1. The molecule has 0 atom stereocenters. The van der Waals surface area contributed by atoms with Gasteiger partial charge in [0.25, 0.3) is 0 Å². The van der Waals surface area contributed by atoms with Crippen LogP contribution in [0.1, 0.15) is 24.5 Å². The number of aromatic nitrogens is 3. The van der Waals surface area contributed by atoms with Gasteiger partial charge in [0, 0.05) is 29.7 Å². The number of para-hydroxylation sites is 1. The van der Waals surface area contributed by atoms with E-state index in [2.05, 4.69) is 49.1 Å². The van der Waals surface area contributed by atoms with Crippen molar-refractivity contribution in [3.05, 3.63) is 96.5 Å². The highest BCUT2D eigenvalue weighted by Crippen LogP contribution is 2.28. The minimum absolute atomic E-state index is 0.313. The molecule has 42 heavy (non-hydrogen) atoms. The lowest BCUT2D eigenvalue weighted by molar-refractivity contribution is -0.274. The predicted octanol–water partition coefficient (Wildman–Crippen LogP) is 7.08. The summed E-state index contributed by atoms with van der Waals surface area (Å²) in [6.45, 7) is 2.93. The van der Waals surface area contributed by atoms with Crippen molar-refractivity contribution in [1.29, 1.82) is 0 Å². The average Bonchev–Trinajstić information content (AvgIpc) is 3.48. The van der Waals surface area contributed by atoms with Crippen molar-refractivity contribution in [1.82, 2.24) is 20.1 Å². The summed E-state index contributed by atoms with van der Waals surface area (Å²) in [5.41, 5.74) is 4.43. The van der Waals surface area contributed by atoms with E-state index in [-0.39, 0.29) is 5.75 Å². The number of nitrogens with one attached hydrogen (secondary N) is 1. The van der Waals surface area contributed by atoms with Crippen LogP contribution in [0.15, 0.2) is 90.3 Å². The van der Waals surface area contributed by atoms with Gasteiger partial charge in [-0.25, -0.2) is 14.5 Å². The van der Waals surface area contributed by atoms with Crippen LogP contribution in [-0.4, -0.2) is 44.6 Å². The van der Waals surface area contributed by atoms with Gasteiger partial charge in [0.05, 0.1) is 5.69 Å². The number of thioether (sulfide) groups is 1. The van der Waals surface area contributed by atoms with Crippen LogP contribution < -0.4 is 15.0 Å². The van der Waals surface area contributed by atoms with Gasteiger partial charge < -0.3 is 15.0 Å². The largest absolute Gasteiger partial charge is 0.573 e. The fourth-order valence-electron chi connectivity index (χ4n) is 4.34. The quantitative estimate of drug-likeness (QED) is 0.247. The minimum atomic E-state index is -4.75. The van der Waals surface area contributed by atoms with Crippen LogP contribution >= 0.6 is 11.8 Å². The van der Waals surface area contributed by atoms with Crippen LogP contribution in [0.3, 0.4) is 0 Å². The normalized spacial score (nSPS) is 14.9. The maximum absolute atomic E-state index is 12.6. The minimum Gasteiger partial charge on any atom is -0.406 e. The number of urea groups is 1. The molecule has 8 nitrogen and oxygen atoms in total. The van der Waals surface area contributed by atoms with Crippen molar-refractivity contribution in [3.8, 4) is 22.8 Å². The number of aliphatic imine (C=N–C) groups is 1. The zero-order chi connectivity index (χ0) is 29.5. The van der Waals surface area contributed by atoms with Gasteiger partial charge in [-0.3, -0.25) is 0 Å². The lowest BCUT2D eigenvalue weighted by atomic mass is 10.1. The number of hydrogen-bond acceptors (Lipinski definition) is 5. The Kier molecular flexibility index (Phi) is 8.91. The zero-order valence-electron chi connectivity index (χ0n) is 22.6. The Morgan fingerprint density at radius 3 is 2.60 bits per heavy atom. The molecule has 0 aliphatic carbocycles. The van der Waals surface area contributed by atoms with Gasteiger partial charge in [0.2, 0.25) is 0 Å². The third-order valence-electron chi connectivity index (χ3n) is 6.33. The summed E-state index contributed by atoms with van der Waals surface area (Å²) in [6, 6.07) is 20.5. The van der Waals surface area contributed by atoms with E-state index in [9.17, 15) is 18.0 Å². The highest BCUT2D eigenvalue weighted by molar-refractivity contribution is 8.14. The van der Waals surface area contributed by atoms with Crippen molar-refractivity contribution in [2.24, 2.45) is 4.99 Å². The first-order chi connectivity index (χ1) is 20.3. The number of benzene rings is 3. The Balaban J connectivity index is 1.19.